The molecule has 0 fully saturated rings. The number of aliphatic hydroxyl groups excluding tert-OH is 2. The van der Waals surface area contributed by atoms with Gasteiger partial charge in [0.15, 0.2) is 0 Å². The molecule has 2 atom stereocenters. The van der Waals surface area contributed by atoms with Crippen LogP contribution in [0, 0.1) is 0 Å². The molecule has 0 radical (unpaired) electrons. The second-order valence-electron chi connectivity index (χ2n) is 6.01. The highest BCUT2D eigenvalue weighted by Gasteiger charge is 2.12. The Balaban J connectivity index is 3.79. The van der Waals surface area contributed by atoms with E-state index in [1.54, 1.807) is 0 Å². The van der Waals surface area contributed by atoms with E-state index < -0.39 is 18.2 Å². The summed E-state index contributed by atoms with van der Waals surface area (Å²) >= 11 is 0. The van der Waals surface area contributed by atoms with E-state index in [1.807, 2.05) is 36.5 Å². The van der Waals surface area contributed by atoms with E-state index in [-0.39, 0.29) is 6.42 Å². The zero-order valence-electron chi connectivity index (χ0n) is 15.8. The summed E-state index contributed by atoms with van der Waals surface area (Å²) in [7, 11) is 0. The second-order valence-corrected chi connectivity index (χ2v) is 6.01. The monoisotopic (exact) mass is 362 g/mol. The van der Waals surface area contributed by atoms with Crippen molar-refractivity contribution in [3.8, 4) is 0 Å². The van der Waals surface area contributed by atoms with Gasteiger partial charge in [0.25, 0.3) is 0 Å². The van der Waals surface area contributed by atoms with Crippen LogP contribution < -0.4 is 0 Å². The van der Waals surface area contributed by atoms with E-state index in [4.69, 9.17) is 5.11 Å². The highest BCUT2D eigenvalue weighted by molar-refractivity contribution is 5.66. The van der Waals surface area contributed by atoms with E-state index >= 15 is 0 Å². The Morgan fingerprint density at radius 3 is 1.62 bits per heavy atom. The van der Waals surface area contributed by atoms with Crippen LogP contribution in [0.1, 0.15) is 58.3 Å². The van der Waals surface area contributed by atoms with Gasteiger partial charge in [-0.1, -0.05) is 67.7 Å². The van der Waals surface area contributed by atoms with Gasteiger partial charge in [-0.3, -0.25) is 4.79 Å². The molecule has 0 bridgehead atoms. The Hall–Kier alpha value is -1.91. The Labute approximate surface area is 157 Å². The molecule has 3 N–H and O–H groups in total. The lowest BCUT2D eigenvalue weighted by molar-refractivity contribution is -0.136. The topological polar surface area (TPSA) is 77.8 Å². The van der Waals surface area contributed by atoms with Crippen LogP contribution in [0.4, 0.5) is 0 Å². The summed E-state index contributed by atoms with van der Waals surface area (Å²) in [6, 6.07) is 0. The number of hydrogen-bond acceptors (Lipinski definition) is 3. The number of carboxylic acid groups (broad SMARTS) is 1. The van der Waals surface area contributed by atoms with E-state index in [0.29, 0.717) is 25.7 Å². The van der Waals surface area contributed by atoms with Gasteiger partial charge in [0.1, 0.15) is 0 Å². The molecule has 0 amide bonds. The fourth-order valence-electron chi connectivity index (χ4n) is 2.09. The molecule has 0 aromatic heterocycles. The van der Waals surface area contributed by atoms with Crippen LogP contribution in [0.5, 0.6) is 0 Å². The van der Waals surface area contributed by atoms with E-state index in [9.17, 15) is 15.0 Å². The van der Waals surface area contributed by atoms with Gasteiger partial charge in [0, 0.05) is 6.42 Å². The van der Waals surface area contributed by atoms with Crippen molar-refractivity contribution < 1.29 is 20.1 Å². The lowest BCUT2D eigenvalue weighted by Gasteiger charge is -2.14. The molecule has 0 unspecified atom stereocenters. The van der Waals surface area contributed by atoms with E-state index in [1.165, 1.54) is 0 Å². The number of rotatable bonds is 15. The maximum Gasteiger partial charge on any atom is 0.303 e. The third-order valence-corrected chi connectivity index (χ3v) is 3.61. The van der Waals surface area contributed by atoms with Gasteiger partial charge in [-0.25, -0.2) is 0 Å². The molecule has 0 aliphatic rings. The largest absolute Gasteiger partial charge is 0.481 e. The molecule has 0 rings (SSSR count). The Kier molecular flexibility index (Phi) is 16.6. The van der Waals surface area contributed by atoms with Crippen LogP contribution in [0.2, 0.25) is 0 Å². The predicted molar refractivity (Wildman–Crippen MR) is 108 cm³/mol. The number of allylic oxidation sites excluding steroid dienone is 8. The molecule has 0 aromatic carbocycles. The molecule has 4 heteroatoms. The summed E-state index contributed by atoms with van der Waals surface area (Å²) in [4.78, 5) is 10.3. The van der Waals surface area contributed by atoms with Crippen molar-refractivity contribution in [2.24, 2.45) is 0 Å². The lowest BCUT2D eigenvalue weighted by atomic mass is 10.1. The van der Waals surface area contributed by atoms with Gasteiger partial charge < -0.3 is 15.3 Å². The first kappa shape index (κ1) is 24.1. The first-order valence-electron chi connectivity index (χ1n) is 9.40. The molecular formula is C22H34O4. The number of carbonyl (C=O) groups is 1. The zero-order valence-corrected chi connectivity index (χ0v) is 15.8. The SMILES string of the molecule is CC/C=C\C/C=C\C/C=C\C[C@@H](O)[C@@H](O)C/C=C\C/C=C\CCC(=O)O. The Morgan fingerprint density at radius 1 is 0.731 bits per heavy atom. The number of carboxylic acids is 1. The minimum atomic E-state index is -0.795. The van der Waals surface area contributed by atoms with Gasteiger partial charge in [-0.05, 0) is 44.9 Å². The molecule has 0 aliphatic carbocycles. The smallest absolute Gasteiger partial charge is 0.303 e. The summed E-state index contributed by atoms with van der Waals surface area (Å²) in [5.74, 6) is -0.795. The summed E-state index contributed by atoms with van der Waals surface area (Å²) in [6.45, 7) is 2.11. The van der Waals surface area contributed by atoms with Crippen LogP contribution in [-0.2, 0) is 4.79 Å². The predicted octanol–water partition coefficient (Wildman–Crippen LogP) is 4.71. The molecule has 0 saturated heterocycles. The lowest BCUT2D eigenvalue weighted by Crippen LogP contribution is -2.24. The maximum absolute atomic E-state index is 10.3. The van der Waals surface area contributed by atoms with Crippen molar-refractivity contribution in [3.05, 3.63) is 60.8 Å². The third-order valence-electron chi connectivity index (χ3n) is 3.61. The summed E-state index contributed by atoms with van der Waals surface area (Å²) in [5, 5.41) is 28.3. The van der Waals surface area contributed by atoms with Crippen LogP contribution in [-0.4, -0.2) is 33.5 Å². The molecule has 146 valence electrons. The molecule has 4 nitrogen and oxygen atoms in total. The molecule has 0 aromatic rings. The molecule has 26 heavy (non-hydrogen) atoms. The second kappa shape index (κ2) is 17.9. The fourth-order valence-corrected chi connectivity index (χ4v) is 2.09. The van der Waals surface area contributed by atoms with Crippen LogP contribution >= 0.6 is 0 Å². The number of aliphatic carboxylic acids is 1. The molecule has 0 heterocycles. The number of aliphatic hydroxyl groups is 2. The Bertz CT molecular complexity index is 486. The molecule has 0 saturated carbocycles. The van der Waals surface area contributed by atoms with Crippen molar-refractivity contribution in [1.82, 2.24) is 0 Å². The minimum Gasteiger partial charge on any atom is -0.481 e. The first-order chi connectivity index (χ1) is 12.6. The van der Waals surface area contributed by atoms with Gasteiger partial charge in [-0.15, -0.1) is 0 Å². The number of hydrogen-bond donors (Lipinski definition) is 3. The highest BCUT2D eigenvalue weighted by atomic mass is 16.4. The molecule has 0 spiro atoms. The summed E-state index contributed by atoms with van der Waals surface area (Å²) in [5.41, 5.74) is 0. The van der Waals surface area contributed by atoms with Crippen LogP contribution in [0.25, 0.3) is 0 Å². The summed E-state index contributed by atoms with van der Waals surface area (Å²) < 4.78 is 0. The quantitative estimate of drug-likeness (QED) is 0.369. The van der Waals surface area contributed by atoms with Crippen LogP contribution in [0.3, 0.4) is 0 Å². The first-order valence-corrected chi connectivity index (χ1v) is 9.40. The normalized spacial score (nSPS) is 15.2. The van der Waals surface area contributed by atoms with Gasteiger partial charge in [-0.2, -0.15) is 0 Å². The average Bonchev–Trinajstić information content (AvgIpc) is 2.61. The van der Waals surface area contributed by atoms with Crippen LogP contribution in [0.15, 0.2) is 60.8 Å². The minimum absolute atomic E-state index is 0.143. The van der Waals surface area contributed by atoms with Crippen molar-refractivity contribution >= 4 is 5.97 Å². The summed E-state index contributed by atoms with van der Waals surface area (Å²) in [6.07, 6.45) is 23.4. The third kappa shape index (κ3) is 16.9. The Morgan fingerprint density at radius 2 is 1.15 bits per heavy atom. The molecule has 0 aliphatic heterocycles. The van der Waals surface area contributed by atoms with Crippen molar-refractivity contribution in [2.75, 3.05) is 0 Å². The van der Waals surface area contributed by atoms with Gasteiger partial charge >= 0.3 is 5.97 Å². The van der Waals surface area contributed by atoms with Gasteiger partial charge in [0.2, 0.25) is 0 Å². The van der Waals surface area contributed by atoms with E-state index in [2.05, 4.69) is 31.2 Å². The van der Waals surface area contributed by atoms with Gasteiger partial charge in [0.05, 0.1) is 12.2 Å². The van der Waals surface area contributed by atoms with Crippen molar-refractivity contribution in [1.29, 1.82) is 0 Å². The zero-order chi connectivity index (χ0) is 19.5. The molecular weight excluding hydrogens is 328 g/mol. The standard InChI is InChI=1S/C22H34O4/c1-2-3-4-5-6-7-8-11-14-17-20(23)21(24)18-15-12-9-10-13-16-19-22(25)26/h3-4,6-7,10-15,20-21,23-24H,2,5,8-9,16-19H2,1H3,(H,25,26)/b4-3-,7-6-,13-10-,14-11-,15-12-/t20-,21+/m1/s1. The van der Waals surface area contributed by atoms with E-state index in [0.717, 1.165) is 19.3 Å². The average molecular weight is 363 g/mol. The van der Waals surface area contributed by atoms with Crippen molar-refractivity contribution in [2.45, 2.75) is 70.5 Å². The van der Waals surface area contributed by atoms with Crippen molar-refractivity contribution in [3.63, 3.8) is 0 Å². The highest BCUT2D eigenvalue weighted by Crippen LogP contribution is 2.06. The fraction of sp³-hybridized carbons (Fsp3) is 0.500. The maximum atomic E-state index is 10.3.